The van der Waals surface area contributed by atoms with Crippen molar-refractivity contribution < 1.29 is 13.2 Å². The first-order valence-electron chi connectivity index (χ1n) is 10.0. The number of hydrogen-bond donors (Lipinski definition) is 1. The molecule has 0 saturated heterocycles. The highest BCUT2D eigenvalue weighted by molar-refractivity contribution is 9.10. The van der Waals surface area contributed by atoms with Gasteiger partial charge < -0.3 is 4.90 Å². The Hall–Kier alpha value is -3.01. The minimum absolute atomic E-state index is 0.0524. The maximum Gasteiger partial charge on any atom is 0.261 e. The molecule has 6 nitrogen and oxygen atoms in total. The van der Waals surface area contributed by atoms with Crippen molar-refractivity contribution in [3.05, 3.63) is 88.7 Å². The predicted octanol–water partition coefficient (Wildman–Crippen LogP) is 5.63. The number of rotatable bonds is 5. The van der Waals surface area contributed by atoms with Crippen LogP contribution in [-0.2, 0) is 16.6 Å². The zero-order chi connectivity index (χ0) is 23.2. The molecular formula is C24H18BrN3O3S2. The molecule has 1 amide bonds. The van der Waals surface area contributed by atoms with Crippen molar-refractivity contribution in [1.82, 2.24) is 9.88 Å². The van der Waals surface area contributed by atoms with E-state index in [-0.39, 0.29) is 10.8 Å². The quantitative estimate of drug-likeness (QED) is 0.356. The number of nitrogens with one attached hydrogen (secondary N) is 1. The smallest absolute Gasteiger partial charge is 0.261 e. The SMILES string of the molecule is CN1Cc2cc(-c3ccc(-c4cncc(NS(=O)(=O)c5cccc(Br)c5)c4)s3)ccc2C1=O. The second-order valence-corrected chi connectivity index (χ2v) is 11.4. The van der Waals surface area contributed by atoms with Crippen LogP contribution >= 0.6 is 27.3 Å². The van der Waals surface area contributed by atoms with Gasteiger partial charge in [0.25, 0.3) is 15.9 Å². The van der Waals surface area contributed by atoms with Crippen LogP contribution in [0.3, 0.4) is 0 Å². The van der Waals surface area contributed by atoms with Crippen molar-refractivity contribution in [1.29, 1.82) is 0 Å². The molecule has 0 aliphatic carbocycles. The van der Waals surface area contributed by atoms with Crippen molar-refractivity contribution in [2.24, 2.45) is 0 Å². The van der Waals surface area contributed by atoms with E-state index >= 15 is 0 Å². The van der Waals surface area contributed by atoms with Gasteiger partial charge in [0.2, 0.25) is 0 Å². The Labute approximate surface area is 204 Å². The van der Waals surface area contributed by atoms with Crippen LogP contribution in [0.1, 0.15) is 15.9 Å². The fourth-order valence-electron chi connectivity index (χ4n) is 3.75. The lowest BCUT2D eigenvalue weighted by Crippen LogP contribution is -2.17. The monoisotopic (exact) mass is 539 g/mol. The fraction of sp³-hybridized carbons (Fsp3) is 0.0833. The van der Waals surface area contributed by atoms with Gasteiger partial charge in [0.15, 0.2) is 0 Å². The lowest BCUT2D eigenvalue weighted by molar-refractivity contribution is 0.0816. The van der Waals surface area contributed by atoms with Gasteiger partial charge in [0, 0.05) is 45.1 Å². The molecule has 0 spiro atoms. The summed E-state index contributed by atoms with van der Waals surface area (Å²) in [5.74, 6) is 0.0524. The van der Waals surface area contributed by atoms with Crippen LogP contribution in [0, 0.1) is 0 Å². The van der Waals surface area contributed by atoms with Gasteiger partial charge in [0.1, 0.15) is 0 Å². The second-order valence-electron chi connectivity index (χ2n) is 7.72. The van der Waals surface area contributed by atoms with E-state index in [9.17, 15) is 13.2 Å². The van der Waals surface area contributed by atoms with E-state index in [2.05, 4.69) is 31.7 Å². The first kappa shape index (κ1) is 21.8. The highest BCUT2D eigenvalue weighted by Crippen LogP contribution is 2.37. The van der Waals surface area contributed by atoms with E-state index in [0.717, 1.165) is 32.0 Å². The number of halogens is 1. The number of nitrogens with zero attached hydrogens (tertiary/aromatic N) is 2. The van der Waals surface area contributed by atoms with Crippen LogP contribution in [0.4, 0.5) is 5.69 Å². The van der Waals surface area contributed by atoms with Crippen LogP contribution in [0.2, 0.25) is 0 Å². The minimum atomic E-state index is -3.74. The number of carbonyl (C=O) groups excluding carboxylic acids is 1. The maximum atomic E-state index is 12.7. The molecule has 3 heterocycles. The van der Waals surface area contributed by atoms with Crippen LogP contribution in [0.15, 0.2) is 82.4 Å². The Morgan fingerprint density at radius 2 is 1.79 bits per heavy atom. The van der Waals surface area contributed by atoms with Crippen molar-refractivity contribution in [2.45, 2.75) is 11.4 Å². The number of sulfonamides is 1. The highest BCUT2D eigenvalue weighted by atomic mass is 79.9. The largest absolute Gasteiger partial charge is 0.337 e. The topological polar surface area (TPSA) is 79.4 Å². The Morgan fingerprint density at radius 3 is 2.58 bits per heavy atom. The summed E-state index contributed by atoms with van der Waals surface area (Å²) in [5, 5.41) is 0. The minimum Gasteiger partial charge on any atom is -0.337 e. The molecular weight excluding hydrogens is 522 g/mol. The number of carbonyl (C=O) groups is 1. The van der Waals surface area contributed by atoms with Gasteiger partial charge in [-0.2, -0.15) is 0 Å². The first-order valence-corrected chi connectivity index (χ1v) is 13.1. The Morgan fingerprint density at radius 1 is 1.00 bits per heavy atom. The molecule has 4 aromatic rings. The lowest BCUT2D eigenvalue weighted by atomic mass is 10.1. The fourth-order valence-corrected chi connectivity index (χ4v) is 6.36. The summed E-state index contributed by atoms with van der Waals surface area (Å²) in [6.45, 7) is 0.615. The molecule has 0 fully saturated rings. The van der Waals surface area contributed by atoms with E-state index in [4.69, 9.17) is 0 Å². The summed E-state index contributed by atoms with van der Waals surface area (Å²) < 4.78 is 28.8. The van der Waals surface area contributed by atoms with Crippen molar-refractivity contribution >= 4 is 48.9 Å². The summed E-state index contributed by atoms with van der Waals surface area (Å²) in [5.41, 5.74) is 4.04. The zero-order valence-corrected chi connectivity index (χ0v) is 20.7. The van der Waals surface area contributed by atoms with Crippen molar-refractivity contribution in [3.8, 4) is 20.9 Å². The van der Waals surface area contributed by atoms with Gasteiger partial charge in [-0.15, -0.1) is 11.3 Å². The second kappa shape index (κ2) is 8.40. The normalized spacial score (nSPS) is 13.3. The molecule has 2 aromatic carbocycles. The summed E-state index contributed by atoms with van der Waals surface area (Å²) in [6, 6.07) is 18.2. The average molecular weight is 540 g/mol. The molecule has 1 aliphatic rings. The van der Waals surface area contributed by atoms with Gasteiger partial charge in [-0.05, 0) is 59.7 Å². The van der Waals surface area contributed by atoms with E-state index in [1.54, 1.807) is 53.7 Å². The predicted molar refractivity (Wildman–Crippen MR) is 134 cm³/mol. The molecule has 0 unspecified atom stereocenters. The van der Waals surface area contributed by atoms with E-state index in [1.165, 1.54) is 12.3 Å². The van der Waals surface area contributed by atoms with Crippen molar-refractivity contribution in [3.63, 3.8) is 0 Å². The number of thiophene rings is 1. The van der Waals surface area contributed by atoms with Crippen LogP contribution in [0.5, 0.6) is 0 Å². The molecule has 5 rings (SSSR count). The van der Waals surface area contributed by atoms with Gasteiger partial charge >= 0.3 is 0 Å². The molecule has 0 bridgehead atoms. The molecule has 2 aromatic heterocycles. The third-order valence-corrected chi connectivity index (χ3v) is 8.42. The number of amides is 1. The third kappa shape index (κ3) is 4.31. The molecule has 0 atom stereocenters. The molecule has 1 N–H and O–H groups in total. The van der Waals surface area contributed by atoms with Crippen LogP contribution in [0.25, 0.3) is 20.9 Å². The molecule has 1 aliphatic heterocycles. The number of anilines is 1. The van der Waals surface area contributed by atoms with Crippen LogP contribution < -0.4 is 4.72 Å². The average Bonchev–Trinajstić information content (AvgIpc) is 3.39. The number of aromatic nitrogens is 1. The van der Waals surface area contributed by atoms with Gasteiger partial charge in [-0.25, -0.2) is 8.42 Å². The zero-order valence-electron chi connectivity index (χ0n) is 17.4. The van der Waals surface area contributed by atoms with E-state index < -0.39 is 10.0 Å². The van der Waals surface area contributed by atoms with Gasteiger partial charge in [-0.1, -0.05) is 28.1 Å². The molecule has 0 radical (unpaired) electrons. The maximum absolute atomic E-state index is 12.7. The molecule has 166 valence electrons. The number of pyridine rings is 1. The summed E-state index contributed by atoms with van der Waals surface area (Å²) in [4.78, 5) is 20.3. The Balaban J connectivity index is 1.41. The van der Waals surface area contributed by atoms with Gasteiger partial charge in [-0.3, -0.25) is 14.5 Å². The first-order chi connectivity index (χ1) is 15.8. The van der Waals surface area contributed by atoms with E-state index in [0.29, 0.717) is 16.7 Å². The van der Waals surface area contributed by atoms with Crippen LogP contribution in [-0.4, -0.2) is 31.3 Å². The summed E-state index contributed by atoms with van der Waals surface area (Å²) in [6.07, 6.45) is 3.20. The molecule has 0 saturated carbocycles. The Bertz CT molecular complexity index is 1500. The standard InChI is InChI=1S/C24H18BrN3O3S2/c1-28-14-17-9-15(5-6-21(17)24(28)29)22-7-8-23(32-22)16-10-19(13-26-12-16)27-33(30,31)20-4-2-3-18(25)11-20/h2-13,27H,14H2,1H3. The number of hydrogen-bond acceptors (Lipinski definition) is 5. The third-order valence-electron chi connectivity index (χ3n) is 5.36. The summed E-state index contributed by atoms with van der Waals surface area (Å²) >= 11 is 4.89. The lowest BCUT2D eigenvalue weighted by Gasteiger charge is -2.09. The number of benzene rings is 2. The van der Waals surface area contributed by atoms with E-state index in [1.807, 2.05) is 24.3 Å². The number of fused-ring (bicyclic) bond motifs is 1. The Kier molecular flexibility index (Phi) is 5.55. The summed E-state index contributed by atoms with van der Waals surface area (Å²) in [7, 11) is -1.93. The highest BCUT2D eigenvalue weighted by Gasteiger charge is 2.24. The van der Waals surface area contributed by atoms with Crippen molar-refractivity contribution in [2.75, 3.05) is 11.8 Å². The van der Waals surface area contributed by atoms with Gasteiger partial charge in [0.05, 0.1) is 16.8 Å². The molecule has 33 heavy (non-hydrogen) atoms. The molecule has 9 heteroatoms.